The molecule has 8 nitrogen and oxygen atoms in total. The lowest BCUT2D eigenvalue weighted by Gasteiger charge is -2.37. The molecule has 246 valence electrons. The summed E-state index contributed by atoms with van der Waals surface area (Å²) in [4.78, 5) is 37.4. The monoisotopic (exact) mass is 623 g/mol. The fourth-order valence-corrected chi connectivity index (χ4v) is 9.92. The van der Waals surface area contributed by atoms with Gasteiger partial charge >= 0.3 is 0 Å². The number of nitrogens with one attached hydrogen (secondary N) is 2. The summed E-state index contributed by atoms with van der Waals surface area (Å²) < 4.78 is 0. The third-order valence-corrected chi connectivity index (χ3v) is 12.3. The number of aromatic nitrogens is 4. The van der Waals surface area contributed by atoms with Gasteiger partial charge in [-0.2, -0.15) is 0 Å². The van der Waals surface area contributed by atoms with Crippen molar-refractivity contribution in [2.24, 2.45) is 5.92 Å². The van der Waals surface area contributed by atoms with Gasteiger partial charge in [0, 0.05) is 55.1 Å². The normalized spacial score (nSPS) is 25.0. The first-order valence-electron chi connectivity index (χ1n) is 18.4. The number of fused-ring (bicyclic) bond motifs is 2. The standard InChI is InChI=1S/C38H53N7O/c1-25(2)22-34(46)45-19-7-9-33(45)37-39-23-29(41-37)26-13-20-44(21-14-26)31-11-10-27(28-12-17-38(35(28)31)15-4-5-16-38)30-24-40-36(42-30)32-8-6-18-43(32)3/h10-11,23-26,32-33H,4-9,12-22H2,1-3H3,(H,39,41)(H,40,42). The highest BCUT2D eigenvalue weighted by molar-refractivity contribution is 5.77. The Morgan fingerprint density at radius 3 is 2.39 bits per heavy atom. The van der Waals surface area contributed by atoms with Gasteiger partial charge < -0.3 is 19.8 Å². The first kappa shape index (κ1) is 30.2. The molecule has 0 bridgehead atoms. The van der Waals surface area contributed by atoms with E-state index in [0.717, 1.165) is 63.5 Å². The average molecular weight is 624 g/mol. The zero-order valence-electron chi connectivity index (χ0n) is 28.3. The molecule has 4 fully saturated rings. The van der Waals surface area contributed by atoms with Crippen LogP contribution >= 0.6 is 0 Å². The number of carbonyl (C=O) groups excluding carboxylic acids is 1. The molecule has 0 radical (unpaired) electrons. The SMILES string of the molecule is CC(C)CC(=O)N1CCCC1c1ncc(C2CCN(c3ccc(-c4cnc(C5CCCN5C)[nH]4)c4c3C3(CCCC3)CC4)CC2)[nH]1. The average Bonchev–Trinajstić information content (AvgIpc) is 3.90. The van der Waals surface area contributed by atoms with Crippen LogP contribution < -0.4 is 4.90 Å². The molecule has 3 aliphatic heterocycles. The number of likely N-dealkylation sites (tertiary alicyclic amines) is 2. The van der Waals surface area contributed by atoms with Crippen LogP contribution in [0.2, 0.25) is 0 Å². The summed E-state index contributed by atoms with van der Waals surface area (Å²) in [5.74, 6) is 3.27. The van der Waals surface area contributed by atoms with Crippen LogP contribution in [-0.4, -0.2) is 68.9 Å². The van der Waals surface area contributed by atoms with Crippen LogP contribution in [-0.2, 0) is 16.6 Å². The largest absolute Gasteiger partial charge is 0.371 e. The van der Waals surface area contributed by atoms with Crippen molar-refractivity contribution in [3.05, 3.63) is 53.0 Å². The fourth-order valence-electron chi connectivity index (χ4n) is 9.92. The predicted octanol–water partition coefficient (Wildman–Crippen LogP) is 7.42. The van der Waals surface area contributed by atoms with Crippen molar-refractivity contribution < 1.29 is 4.79 Å². The van der Waals surface area contributed by atoms with E-state index in [1.165, 1.54) is 74.0 Å². The summed E-state index contributed by atoms with van der Waals surface area (Å²) in [7, 11) is 2.23. The first-order chi connectivity index (χ1) is 22.4. The number of amides is 1. The number of imidazole rings is 2. The van der Waals surface area contributed by atoms with Crippen molar-refractivity contribution in [1.82, 2.24) is 29.7 Å². The quantitative estimate of drug-likeness (QED) is 0.286. The van der Waals surface area contributed by atoms with Gasteiger partial charge in [-0.3, -0.25) is 9.69 Å². The fraction of sp³-hybridized carbons (Fsp3) is 0.658. The zero-order valence-corrected chi connectivity index (χ0v) is 28.3. The molecule has 3 saturated heterocycles. The van der Waals surface area contributed by atoms with Crippen molar-refractivity contribution >= 4 is 11.6 Å². The molecule has 2 unspecified atom stereocenters. The van der Waals surface area contributed by atoms with Gasteiger partial charge in [-0.05, 0) is 106 Å². The Kier molecular flexibility index (Phi) is 7.98. The molecule has 1 saturated carbocycles. The molecule has 2 aromatic heterocycles. The Balaban J connectivity index is 1.01. The second kappa shape index (κ2) is 12.1. The molecule has 5 aliphatic rings. The summed E-state index contributed by atoms with van der Waals surface area (Å²) >= 11 is 0. The molecule has 3 aromatic rings. The Morgan fingerprint density at radius 1 is 0.891 bits per heavy atom. The summed E-state index contributed by atoms with van der Waals surface area (Å²) in [6.07, 6.45) is 19.4. The number of piperidine rings is 1. The van der Waals surface area contributed by atoms with Crippen LogP contribution in [0.3, 0.4) is 0 Å². The number of H-pyrrole nitrogens is 2. The minimum absolute atomic E-state index is 0.105. The van der Waals surface area contributed by atoms with E-state index >= 15 is 0 Å². The number of hydrogen-bond donors (Lipinski definition) is 2. The van der Waals surface area contributed by atoms with Crippen LogP contribution in [0.4, 0.5) is 5.69 Å². The molecule has 46 heavy (non-hydrogen) atoms. The van der Waals surface area contributed by atoms with Crippen molar-refractivity contribution in [1.29, 1.82) is 0 Å². The highest BCUT2D eigenvalue weighted by Gasteiger charge is 2.45. The van der Waals surface area contributed by atoms with Gasteiger partial charge in [0.25, 0.3) is 0 Å². The van der Waals surface area contributed by atoms with E-state index in [-0.39, 0.29) is 11.9 Å². The number of hydrogen-bond acceptors (Lipinski definition) is 5. The van der Waals surface area contributed by atoms with E-state index in [9.17, 15) is 4.79 Å². The van der Waals surface area contributed by atoms with Gasteiger partial charge in [0.05, 0.1) is 24.0 Å². The third-order valence-electron chi connectivity index (χ3n) is 12.3. The lowest BCUT2D eigenvalue weighted by molar-refractivity contribution is -0.133. The van der Waals surface area contributed by atoms with Gasteiger partial charge in [0.15, 0.2) is 0 Å². The number of carbonyl (C=O) groups is 1. The highest BCUT2D eigenvalue weighted by Crippen LogP contribution is 2.55. The van der Waals surface area contributed by atoms with Crippen molar-refractivity contribution in [2.75, 3.05) is 38.1 Å². The summed E-state index contributed by atoms with van der Waals surface area (Å²) in [6.45, 7) is 8.41. The second-order valence-corrected chi connectivity index (χ2v) is 15.6. The van der Waals surface area contributed by atoms with Gasteiger partial charge in [-0.1, -0.05) is 32.8 Å². The van der Waals surface area contributed by atoms with Gasteiger partial charge in [-0.25, -0.2) is 9.97 Å². The maximum absolute atomic E-state index is 12.9. The molecular weight excluding hydrogens is 570 g/mol. The lowest BCUT2D eigenvalue weighted by Crippen LogP contribution is -2.35. The molecule has 8 rings (SSSR count). The molecule has 5 heterocycles. The Morgan fingerprint density at radius 2 is 1.63 bits per heavy atom. The Labute approximate surface area is 274 Å². The number of aromatic amines is 2. The Hall–Kier alpha value is -3.13. The first-order valence-corrected chi connectivity index (χ1v) is 18.4. The molecule has 1 amide bonds. The van der Waals surface area contributed by atoms with Crippen molar-refractivity contribution in [2.45, 2.75) is 121 Å². The minimum atomic E-state index is 0.105. The molecule has 2 atom stereocenters. The molecule has 2 aliphatic carbocycles. The smallest absolute Gasteiger partial charge is 0.223 e. The van der Waals surface area contributed by atoms with E-state index in [0.29, 0.717) is 29.7 Å². The zero-order chi connectivity index (χ0) is 31.4. The molecular formula is C38H53N7O. The molecule has 1 spiro atoms. The van der Waals surface area contributed by atoms with Gasteiger partial charge in [0.1, 0.15) is 11.6 Å². The third kappa shape index (κ3) is 5.29. The van der Waals surface area contributed by atoms with Crippen LogP contribution in [0.5, 0.6) is 0 Å². The van der Waals surface area contributed by atoms with Crippen LogP contribution in [0.1, 0.15) is 137 Å². The van der Waals surface area contributed by atoms with E-state index < -0.39 is 0 Å². The second-order valence-electron chi connectivity index (χ2n) is 15.6. The van der Waals surface area contributed by atoms with Gasteiger partial charge in [-0.15, -0.1) is 0 Å². The maximum atomic E-state index is 12.9. The lowest BCUT2D eigenvalue weighted by atomic mass is 9.78. The summed E-state index contributed by atoms with van der Waals surface area (Å²) in [6, 6.07) is 5.38. The van der Waals surface area contributed by atoms with Crippen LogP contribution in [0, 0.1) is 5.92 Å². The number of anilines is 1. The van der Waals surface area contributed by atoms with Crippen LogP contribution in [0.15, 0.2) is 24.5 Å². The topological polar surface area (TPSA) is 84.2 Å². The predicted molar refractivity (Wildman–Crippen MR) is 183 cm³/mol. The molecule has 2 N–H and O–H groups in total. The number of rotatable bonds is 7. The van der Waals surface area contributed by atoms with Crippen LogP contribution in [0.25, 0.3) is 11.3 Å². The van der Waals surface area contributed by atoms with E-state index in [1.807, 2.05) is 0 Å². The number of benzene rings is 1. The number of nitrogens with zero attached hydrogens (tertiary/aromatic N) is 5. The Bertz CT molecular complexity index is 1560. The summed E-state index contributed by atoms with van der Waals surface area (Å²) in [5.41, 5.74) is 8.96. The van der Waals surface area contributed by atoms with Gasteiger partial charge in [0.2, 0.25) is 5.91 Å². The molecule has 8 heteroatoms. The van der Waals surface area contributed by atoms with E-state index in [2.05, 4.69) is 70.1 Å². The summed E-state index contributed by atoms with van der Waals surface area (Å²) in [5, 5.41) is 0. The van der Waals surface area contributed by atoms with Crippen molar-refractivity contribution in [3.63, 3.8) is 0 Å². The van der Waals surface area contributed by atoms with E-state index in [1.54, 1.807) is 11.1 Å². The minimum Gasteiger partial charge on any atom is -0.371 e. The molecule has 1 aromatic carbocycles. The highest BCUT2D eigenvalue weighted by atomic mass is 16.2. The van der Waals surface area contributed by atoms with E-state index in [4.69, 9.17) is 9.97 Å². The van der Waals surface area contributed by atoms with Crippen molar-refractivity contribution in [3.8, 4) is 11.3 Å². The maximum Gasteiger partial charge on any atom is 0.223 e.